The minimum absolute atomic E-state index is 0.253. The molecule has 0 aliphatic carbocycles. The fourth-order valence-electron chi connectivity index (χ4n) is 2.00. The summed E-state index contributed by atoms with van der Waals surface area (Å²) in [6.45, 7) is 0. The second kappa shape index (κ2) is 5.54. The lowest BCUT2D eigenvalue weighted by Gasteiger charge is -2.08. The van der Waals surface area contributed by atoms with Crippen LogP contribution < -0.4 is 10.6 Å². The van der Waals surface area contributed by atoms with Gasteiger partial charge in [0.2, 0.25) is 0 Å². The zero-order chi connectivity index (χ0) is 14.7. The van der Waals surface area contributed by atoms with Crippen molar-refractivity contribution in [2.45, 2.75) is 0 Å². The first-order valence-corrected chi connectivity index (χ1v) is 6.42. The van der Waals surface area contributed by atoms with Crippen molar-refractivity contribution in [2.75, 3.05) is 17.7 Å². The summed E-state index contributed by atoms with van der Waals surface area (Å²) in [5.41, 5.74) is 0.949. The Balaban J connectivity index is 1.93. The lowest BCUT2D eigenvalue weighted by atomic mass is 10.1. The van der Waals surface area contributed by atoms with E-state index in [1.54, 1.807) is 25.6 Å². The van der Waals surface area contributed by atoms with E-state index in [-0.39, 0.29) is 11.6 Å². The minimum atomic E-state index is -0.309. The molecule has 0 radical (unpaired) electrons. The van der Waals surface area contributed by atoms with Gasteiger partial charge < -0.3 is 10.6 Å². The SMILES string of the molecule is CNc1cncc(C(=O)Nc2cccc3ccncc23)n1. The van der Waals surface area contributed by atoms with Crippen molar-refractivity contribution in [3.8, 4) is 0 Å². The molecule has 0 saturated heterocycles. The number of aromatic nitrogens is 3. The molecule has 2 N–H and O–H groups in total. The van der Waals surface area contributed by atoms with Crippen molar-refractivity contribution < 1.29 is 4.79 Å². The predicted octanol–water partition coefficient (Wildman–Crippen LogP) is 2.32. The standard InChI is InChI=1S/C15H13N5O/c1-16-14-9-18-8-13(19-14)15(21)20-12-4-2-3-10-5-6-17-7-11(10)12/h2-9H,1H3,(H,16,19)(H,20,21). The number of nitrogens with one attached hydrogen (secondary N) is 2. The number of nitrogens with zero attached hydrogens (tertiary/aromatic N) is 3. The molecule has 0 fully saturated rings. The third-order valence-electron chi connectivity index (χ3n) is 3.06. The third-order valence-corrected chi connectivity index (χ3v) is 3.06. The summed E-state index contributed by atoms with van der Waals surface area (Å²) in [6, 6.07) is 7.57. The maximum Gasteiger partial charge on any atom is 0.275 e. The van der Waals surface area contributed by atoms with Gasteiger partial charge in [0.25, 0.3) is 5.91 Å². The van der Waals surface area contributed by atoms with Crippen molar-refractivity contribution in [1.29, 1.82) is 0 Å². The van der Waals surface area contributed by atoms with Crippen molar-refractivity contribution in [3.05, 3.63) is 54.7 Å². The Bertz CT molecular complexity index is 797. The van der Waals surface area contributed by atoms with Crippen LogP contribution in [0.5, 0.6) is 0 Å². The molecule has 2 aromatic heterocycles. The molecule has 3 aromatic rings. The molecular formula is C15H13N5O. The number of hydrogen-bond donors (Lipinski definition) is 2. The van der Waals surface area contributed by atoms with E-state index in [4.69, 9.17) is 0 Å². The molecule has 0 spiro atoms. The average molecular weight is 279 g/mol. The van der Waals surface area contributed by atoms with Crippen LogP contribution in [0.3, 0.4) is 0 Å². The van der Waals surface area contributed by atoms with E-state index in [0.717, 1.165) is 10.8 Å². The van der Waals surface area contributed by atoms with E-state index in [2.05, 4.69) is 25.6 Å². The van der Waals surface area contributed by atoms with E-state index in [1.165, 1.54) is 6.20 Å². The summed E-state index contributed by atoms with van der Waals surface area (Å²) in [5.74, 6) is 0.234. The van der Waals surface area contributed by atoms with Gasteiger partial charge in [-0.1, -0.05) is 12.1 Å². The van der Waals surface area contributed by atoms with Crippen LogP contribution in [-0.2, 0) is 0 Å². The van der Waals surface area contributed by atoms with E-state index >= 15 is 0 Å². The highest BCUT2D eigenvalue weighted by Gasteiger charge is 2.10. The Morgan fingerprint density at radius 1 is 1.10 bits per heavy atom. The largest absolute Gasteiger partial charge is 0.372 e. The molecule has 0 saturated carbocycles. The lowest BCUT2D eigenvalue weighted by Crippen LogP contribution is -2.15. The fraction of sp³-hybridized carbons (Fsp3) is 0.0667. The molecule has 0 bridgehead atoms. The quantitative estimate of drug-likeness (QED) is 0.769. The third kappa shape index (κ3) is 2.64. The van der Waals surface area contributed by atoms with Gasteiger partial charge in [-0.2, -0.15) is 0 Å². The van der Waals surface area contributed by atoms with E-state index in [0.29, 0.717) is 11.5 Å². The highest BCUT2D eigenvalue weighted by Crippen LogP contribution is 2.22. The number of pyridine rings is 1. The maximum absolute atomic E-state index is 12.3. The second-order valence-electron chi connectivity index (χ2n) is 4.40. The molecule has 1 amide bonds. The Morgan fingerprint density at radius 2 is 2.00 bits per heavy atom. The van der Waals surface area contributed by atoms with Gasteiger partial charge in [0.05, 0.1) is 18.1 Å². The summed E-state index contributed by atoms with van der Waals surface area (Å²) in [5, 5.41) is 7.59. The molecule has 6 heteroatoms. The predicted molar refractivity (Wildman–Crippen MR) is 81.3 cm³/mol. The zero-order valence-electron chi connectivity index (χ0n) is 11.4. The molecule has 21 heavy (non-hydrogen) atoms. The van der Waals surface area contributed by atoms with Crippen LogP contribution in [0, 0.1) is 0 Å². The molecule has 2 heterocycles. The Morgan fingerprint density at radius 3 is 2.86 bits per heavy atom. The summed E-state index contributed by atoms with van der Waals surface area (Å²) >= 11 is 0. The monoisotopic (exact) mass is 279 g/mol. The number of anilines is 2. The van der Waals surface area contributed by atoms with Crippen LogP contribution in [0.4, 0.5) is 11.5 Å². The summed E-state index contributed by atoms with van der Waals surface area (Å²) in [7, 11) is 1.72. The number of benzene rings is 1. The number of rotatable bonds is 3. The molecule has 0 unspecified atom stereocenters. The summed E-state index contributed by atoms with van der Waals surface area (Å²) < 4.78 is 0. The molecule has 1 aromatic carbocycles. The topological polar surface area (TPSA) is 79.8 Å². The fourth-order valence-corrected chi connectivity index (χ4v) is 2.00. The highest BCUT2D eigenvalue weighted by molar-refractivity contribution is 6.08. The van der Waals surface area contributed by atoms with E-state index in [1.807, 2.05) is 24.3 Å². The highest BCUT2D eigenvalue weighted by atomic mass is 16.1. The van der Waals surface area contributed by atoms with Gasteiger partial charge in [-0.25, -0.2) is 4.98 Å². The van der Waals surface area contributed by atoms with Crippen LogP contribution >= 0.6 is 0 Å². The molecule has 0 aliphatic rings. The first-order chi connectivity index (χ1) is 10.3. The van der Waals surface area contributed by atoms with Crippen LogP contribution in [0.2, 0.25) is 0 Å². The van der Waals surface area contributed by atoms with Gasteiger partial charge in [0, 0.05) is 24.8 Å². The molecule has 0 aliphatic heterocycles. The van der Waals surface area contributed by atoms with Gasteiger partial charge in [-0.3, -0.25) is 14.8 Å². The zero-order valence-corrected chi connectivity index (χ0v) is 11.4. The lowest BCUT2D eigenvalue weighted by molar-refractivity contribution is 0.102. The van der Waals surface area contributed by atoms with Crippen LogP contribution in [0.15, 0.2) is 49.1 Å². The normalized spacial score (nSPS) is 10.3. The maximum atomic E-state index is 12.3. The van der Waals surface area contributed by atoms with Crippen molar-refractivity contribution >= 4 is 28.2 Å². The Labute approximate surface area is 121 Å². The second-order valence-corrected chi connectivity index (χ2v) is 4.40. The van der Waals surface area contributed by atoms with Gasteiger partial charge in [-0.15, -0.1) is 0 Å². The number of carbonyl (C=O) groups is 1. The molecule has 0 atom stereocenters. The minimum Gasteiger partial charge on any atom is -0.372 e. The smallest absolute Gasteiger partial charge is 0.275 e. The van der Waals surface area contributed by atoms with Crippen molar-refractivity contribution in [1.82, 2.24) is 15.0 Å². The first kappa shape index (κ1) is 13.0. The molecule has 3 rings (SSSR count). The van der Waals surface area contributed by atoms with Crippen LogP contribution in [-0.4, -0.2) is 27.9 Å². The number of carbonyl (C=O) groups excluding carboxylic acids is 1. The molecular weight excluding hydrogens is 266 g/mol. The number of hydrogen-bond acceptors (Lipinski definition) is 5. The summed E-state index contributed by atoms with van der Waals surface area (Å²) in [4.78, 5) is 24.5. The Kier molecular flexibility index (Phi) is 3.42. The van der Waals surface area contributed by atoms with Gasteiger partial charge in [0.15, 0.2) is 0 Å². The summed E-state index contributed by atoms with van der Waals surface area (Å²) in [6.07, 6.45) is 6.43. The molecule has 6 nitrogen and oxygen atoms in total. The van der Waals surface area contributed by atoms with Crippen molar-refractivity contribution in [2.24, 2.45) is 0 Å². The van der Waals surface area contributed by atoms with Gasteiger partial charge in [0.1, 0.15) is 11.5 Å². The van der Waals surface area contributed by atoms with Gasteiger partial charge >= 0.3 is 0 Å². The van der Waals surface area contributed by atoms with E-state index < -0.39 is 0 Å². The van der Waals surface area contributed by atoms with Gasteiger partial charge in [-0.05, 0) is 17.5 Å². The van der Waals surface area contributed by atoms with Crippen LogP contribution in [0.25, 0.3) is 10.8 Å². The molecule has 104 valence electrons. The number of amides is 1. The van der Waals surface area contributed by atoms with Crippen molar-refractivity contribution in [3.63, 3.8) is 0 Å². The Hall–Kier alpha value is -3.02. The van der Waals surface area contributed by atoms with Crippen LogP contribution in [0.1, 0.15) is 10.5 Å². The number of fused-ring (bicyclic) bond motifs is 1. The average Bonchev–Trinajstić information content (AvgIpc) is 2.55. The first-order valence-electron chi connectivity index (χ1n) is 6.42. The van der Waals surface area contributed by atoms with E-state index in [9.17, 15) is 4.79 Å².